The van der Waals surface area contributed by atoms with Gasteiger partial charge in [-0.25, -0.2) is 10.2 Å². The maximum atomic E-state index is 15.0. The first-order valence-corrected chi connectivity index (χ1v) is 27.9. The number of hydrogen-bond acceptors (Lipinski definition) is 13. The Kier molecular flexibility index (Phi) is 16.0. The van der Waals surface area contributed by atoms with E-state index < -0.39 is 65.0 Å². The zero-order valence-electron chi connectivity index (χ0n) is 47.5. The third-order valence-corrected chi connectivity index (χ3v) is 16.3. The lowest BCUT2D eigenvalue weighted by molar-refractivity contribution is -0.155. The standard InChI is InChI=1S/C59H82N10O8/c1-13-67-48-17-16-38-29-43(48)45(52(67)44-30-41(32-61-50(44)36(4)75-12)66-23-21-64(10)22-24-66)31-59(8,9)34-76-56(73)46-15-14-19-69(63-46)55(72)47-27-37-25-39(38)28-40(26-37)60-33-49-42(18-20-68(49)57(74)77-58(5,6)7)54(71)65(11)51(35(2)3)53(70)62-47/h16-17,25-26,28-30,32,35-36,42,46-47,49,51,60,63H,13-15,18-24,27,31,33-34H2,1-12H3,(H,62,70)/t36-,42-,46-,47-,49+,51-/m0/s1. The number of amides is 4. The summed E-state index contributed by atoms with van der Waals surface area (Å²) in [4.78, 5) is 85.9. The molecule has 0 radical (unpaired) electrons. The molecule has 18 nitrogen and oxygen atoms in total. The number of aryl methyl sites for hydroxylation is 1. The molecule has 3 N–H and O–H groups in total. The molecule has 9 rings (SSSR count). The minimum absolute atomic E-state index is 0.0914. The van der Waals surface area contributed by atoms with Crippen molar-refractivity contribution in [2.45, 2.75) is 137 Å². The van der Waals surface area contributed by atoms with Crippen molar-refractivity contribution < 1.29 is 38.2 Å². The smallest absolute Gasteiger partial charge is 0.410 e. The zero-order chi connectivity index (χ0) is 55.2. The second-order valence-electron chi connectivity index (χ2n) is 24.2. The second kappa shape index (κ2) is 22.2. The van der Waals surface area contributed by atoms with E-state index in [0.717, 1.165) is 82.0 Å². The lowest BCUT2D eigenvalue weighted by Gasteiger charge is -2.38. The molecule has 0 aliphatic carbocycles. The fourth-order valence-electron chi connectivity index (χ4n) is 12.2. The number of piperazine rings is 1. The summed E-state index contributed by atoms with van der Waals surface area (Å²) in [6, 6.07) is 11.5. The molecule has 5 aliphatic heterocycles. The highest BCUT2D eigenvalue weighted by molar-refractivity contribution is 5.97. The minimum atomic E-state index is -1.09. The van der Waals surface area contributed by atoms with Crippen LogP contribution in [0, 0.1) is 17.3 Å². The van der Waals surface area contributed by atoms with Crippen LogP contribution in [0.4, 0.5) is 16.2 Å². The molecule has 0 spiro atoms. The molecule has 416 valence electrons. The number of pyridine rings is 1. The summed E-state index contributed by atoms with van der Waals surface area (Å²) >= 11 is 0. The number of likely N-dealkylation sites (tertiary alicyclic amines) is 1. The first kappa shape index (κ1) is 55.5. The van der Waals surface area contributed by atoms with Crippen molar-refractivity contribution in [2.75, 3.05) is 83.8 Å². The summed E-state index contributed by atoms with van der Waals surface area (Å²) in [5.74, 6) is -2.60. The van der Waals surface area contributed by atoms with E-state index in [0.29, 0.717) is 51.0 Å². The van der Waals surface area contributed by atoms with Gasteiger partial charge < -0.3 is 49.0 Å². The number of nitrogens with zero attached hydrogens (tertiary/aromatic N) is 7. The lowest BCUT2D eigenvalue weighted by atomic mass is 9.84. The van der Waals surface area contributed by atoms with Crippen LogP contribution < -0.4 is 21.0 Å². The summed E-state index contributed by atoms with van der Waals surface area (Å²) in [5, 5.41) is 9.28. The summed E-state index contributed by atoms with van der Waals surface area (Å²) in [7, 11) is 5.50. The normalized spacial score (nSPS) is 24.4. The molecule has 4 amide bonds. The van der Waals surface area contributed by atoms with Gasteiger partial charge in [-0.1, -0.05) is 39.8 Å². The summed E-state index contributed by atoms with van der Waals surface area (Å²) < 4.78 is 20.6. The van der Waals surface area contributed by atoms with Crippen molar-refractivity contribution in [3.63, 3.8) is 0 Å². The van der Waals surface area contributed by atoms with Gasteiger partial charge in [0.2, 0.25) is 11.8 Å². The first-order valence-electron chi connectivity index (χ1n) is 27.9. The molecule has 8 bridgehead atoms. The number of likely N-dealkylation sites (N-methyl/N-ethyl adjacent to an activating group) is 2. The van der Waals surface area contributed by atoms with E-state index in [1.807, 2.05) is 53.8 Å². The molecule has 2 aromatic heterocycles. The van der Waals surface area contributed by atoms with Gasteiger partial charge in [-0.05, 0) is 126 Å². The Balaban J connectivity index is 1.25. The molecule has 6 atom stereocenters. The Morgan fingerprint density at radius 2 is 1.66 bits per heavy atom. The lowest BCUT2D eigenvalue weighted by Crippen LogP contribution is -2.62. The number of rotatable bonds is 6. The van der Waals surface area contributed by atoms with Crippen molar-refractivity contribution in [3.8, 4) is 22.4 Å². The number of aromatic nitrogens is 2. The van der Waals surface area contributed by atoms with Gasteiger partial charge in [0, 0.05) is 101 Å². The predicted molar refractivity (Wildman–Crippen MR) is 298 cm³/mol. The van der Waals surface area contributed by atoms with Crippen LogP contribution in [-0.2, 0) is 52.8 Å². The Bertz CT molecular complexity index is 2880. The Labute approximate surface area is 454 Å². The van der Waals surface area contributed by atoms with E-state index in [9.17, 15) is 19.2 Å². The molecular weight excluding hydrogens is 977 g/mol. The summed E-state index contributed by atoms with van der Waals surface area (Å²) in [5.41, 5.74) is 11.2. The molecule has 5 aliphatic rings. The zero-order valence-corrected chi connectivity index (χ0v) is 47.5. The average Bonchev–Trinajstić information content (AvgIpc) is 4.13. The predicted octanol–water partition coefficient (Wildman–Crippen LogP) is 7.03. The number of carbonyl (C=O) groups is 5. The first-order chi connectivity index (χ1) is 36.5. The quantitative estimate of drug-likeness (QED) is 0.168. The fraction of sp³-hybridized carbons (Fsp3) is 0.593. The van der Waals surface area contributed by atoms with Crippen LogP contribution in [0.15, 0.2) is 48.7 Å². The Morgan fingerprint density at radius 1 is 0.909 bits per heavy atom. The number of carbonyl (C=O) groups excluding carboxylic acids is 5. The number of methoxy groups -OCH3 is 1. The number of nitrogens with one attached hydrogen (secondary N) is 3. The van der Waals surface area contributed by atoms with E-state index in [-0.39, 0.29) is 37.5 Å². The van der Waals surface area contributed by atoms with E-state index in [4.69, 9.17) is 19.2 Å². The van der Waals surface area contributed by atoms with Gasteiger partial charge in [0.1, 0.15) is 23.7 Å². The molecule has 4 aromatic rings. The van der Waals surface area contributed by atoms with Gasteiger partial charge in [-0.3, -0.25) is 29.2 Å². The van der Waals surface area contributed by atoms with Crippen molar-refractivity contribution in [2.24, 2.45) is 17.3 Å². The number of fused-ring (bicyclic) bond motifs is 8. The Morgan fingerprint density at radius 3 is 2.36 bits per heavy atom. The summed E-state index contributed by atoms with van der Waals surface area (Å²) in [6.45, 7) is 22.9. The van der Waals surface area contributed by atoms with Crippen molar-refractivity contribution in [1.82, 2.24) is 40.0 Å². The number of hydrazine groups is 1. The number of cyclic esters (lactones) is 1. The van der Waals surface area contributed by atoms with Crippen LogP contribution in [0.2, 0.25) is 0 Å². The number of esters is 1. The van der Waals surface area contributed by atoms with Crippen LogP contribution in [0.5, 0.6) is 0 Å². The number of anilines is 2. The fourth-order valence-corrected chi connectivity index (χ4v) is 12.2. The summed E-state index contributed by atoms with van der Waals surface area (Å²) in [6.07, 6.45) is 3.15. The maximum Gasteiger partial charge on any atom is 0.410 e. The second-order valence-corrected chi connectivity index (χ2v) is 24.2. The van der Waals surface area contributed by atoms with Gasteiger partial charge in [0.25, 0.3) is 5.91 Å². The largest absolute Gasteiger partial charge is 0.464 e. The van der Waals surface area contributed by atoms with E-state index >= 15 is 4.79 Å². The minimum Gasteiger partial charge on any atom is -0.464 e. The highest BCUT2D eigenvalue weighted by Gasteiger charge is 2.46. The number of hydrogen-bond donors (Lipinski definition) is 3. The van der Waals surface area contributed by atoms with Crippen molar-refractivity contribution in [3.05, 3.63) is 65.5 Å². The highest BCUT2D eigenvalue weighted by Crippen LogP contribution is 2.44. The van der Waals surface area contributed by atoms with Gasteiger partial charge in [-0.2, -0.15) is 0 Å². The average molecular weight is 1060 g/mol. The van der Waals surface area contributed by atoms with E-state index in [1.54, 1.807) is 19.1 Å². The Hall–Kier alpha value is -6.24. The molecule has 77 heavy (non-hydrogen) atoms. The van der Waals surface area contributed by atoms with E-state index in [2.05, 4.69) is 94.6 Å². The van der Waals surface area contributed by atoms with Crippen molar-refractivity contribution >= 4 is 52.1 Å². The van der Waals surface area contributed by atoms with Crippen LogP contribution in [-0.4, -0.2) is 162 Å². The van der Waals surface area contributed by atoms with Gasteiger partial charge in [0.15, 0.2) is 0 Å². The maximum absolute atomic E-state index is 15.0. The van der Waals surface area contributed by atoms with Crippen LogP contribution in [0.3, 0.4) is 0 Å². The molecule has 0 unspecified atom stereocenters. The molecule has 2 aromatic carbocycles. The van der Waals surface area contributed by atoms with Gasteiger partial charge in [0.05, 0.1) is 47.9 Å². The third-order valence-electron chi connectivity index (χ3n) is 16.3. The third kappa shape index (κ3) is 11.7. The van der Waals surface area contributed by atoms with Gasteiger partial charge >= 0.3 is 12.1 Å². The van der Waals surface area contributed by atoms with Crippen LogP contribution in [0.1, 0.15) is 105 Å². The molecular formula is C59H82N10O8. The number of ether oxygens (including phenoxy) is 3. The molecule has 3 fully saturated rings. The van der Waals surface area contributed by atoms with E-state index in [1.165, 1.54) is 9.91 Å². The molecule has 3 saturated heterocycles. The monoisotopic (exact) mass is 1060 g/mol. The van der Waals surface area contributed by atoms with Gasteiger partial charge in [-0.15, -0.1) is 0 Å². The van der Waals surface area contributed by atoms with Crippen LogP contribution in [0.25, 0.3) is 33.3 Å². The SMILES string of the molecule is CCn1c(-c2cc(N3CCN(C)CC3)cnc2[C@H](C)OC)c2c3cc(ccc31)-c1cc3cc(c1)NC[C@@H]1[C@H](CCN1C(=O)OC(C)(C)C)C(=O)N(C)[C@@H](C(C)C)C(=O)N[C@@H](C3)C(=O)N1CCC[C@H](N1)C(=O)OCC(C)(C)C2. The molecule has 0 saturated carbocycles. The molecule has 7 heterocycles. The van der Waals surface area contributed by atoms with Crippen LogP contribution >= 0.6 is 0 Å². The van der Waals surface area contributed by atoms with Crippen molar-refractivity contribution in [1.29, 1.82) is 0 Å². The molecule has 18 heteroatoms. The topological polar surface area (TPSA) is 183 Å². The number of benzene rings is 2. The highest BCUT2D eigenvalue weighted by atomic mass is 16.6.